The van der Waals surface area contributed by atoms with Crippen LogP contribution in [0.4, 0.5) is 0 Å². The summed E-state index contributed by atoms with van der Waals surface area (Å²) < 4.78 is 21.9. The number of nitrogens with one attached hydrogen (secondary N) is 1. The maximum atomic E-state index is 12.0. The average Bonchev–Trinajstić information content (AvgIpc) is 2.35. The van der Waals surface area contributed by atoms with E-state index >= 15 is 0 Å². The second-order valence-electron chi connectivity index (χ2n) is 3.65. The number of ether oxygens (including phenoxy) is 1. The molecule has 19 heavy (non-hydrogen) atoms. The van der Waals surface area contributed by atoms with Crippen LogP contribution in [0.15, 0.2) is 43.0 Å². The van der Waals surface area contributed by atoms with E-state index in [1.165, 1.54) is 13.0 Å². The van der Waals surface area contributed by atoms with E-state index in [9.17, 15) is 9.36 Å². The zero-order valence-corrected chi connectivity index (χ0v) is 12.1. The smallest absolute Gasteiger partial charge is 0.409 e. The summed E-state index contributed by atoms with van der Waals surface area (Å²) >= 11 is 5.74. The highest BCUT2D eigenvalue weighted by molar-refractivity contribution is 7.84. The Hall–Kier alpha value is -1.29. The maximum absolute atomic E-state index is 12.0. The van der Waals surface area contributed by atoms with Gasteiger partial charge in [0.05, 0.1) is 0 Å². The molecule has 0 fully saturated rings. The van der Waals surface area contributed by atoms with Gasteiger partial charge < -0.3 is 9.26 Å². The lowest BCUT2D eigenvalue weighted by Crippen LogP contribution is -2.33. The van der Waals surface area contributed by atoms with Gasteiger partial charge in [-0.2, -0.15) is 0 Å². The molecule has 1 aromatic rings. The molecule has 0 spiro atoms. The number of halogens is 1. The van der Waals surface area contributed by atoms with Crippen LogP contribution in [0.5, 0.6) is 5.75 Å². The Morgan fingerprint density at radius 3 is 2.74 bits per heavy atom. The predicted molar refractivity (Wildman–Crippen MR) is 74.3 cm³/mol. The zero-order valence-electron chi connectivity index (χ0n) is 10.4. The van der Waals surface area contributed by atoms with E-state index in [0.717, 1.165) is 0 Å². The molecule has 0 saturated carbocycles. The molecule has 0 aliphatic rings. The normalized spacial score (nSPS) is 15.1. The molecule has 0 amide bonds. The molecular weight excluding hydrogens is 289 g/mol. The van der Waals surface area contributed by atoms with Crippen molar-refractivity contribution in [3.63, 3.8) is 0 Å². The number of esters is 1. The van der Waals surface area contributed by atoms with Crippen molar-refractivity contribution in [2.24, 2.45) is 0 Å². The number of carbonyl (C=O) groups excluding carboxylic acids is 1. The fourth-order valence-corrected chi connectivity index (χ4v) is 2.89. The Kier molecular flexibility index (Phi) is 6.09. The summed E-state index contributed by atoms with van der Waals surface area (Å²) in [5.41, 5.74) is 0. The molecule has 1 aromatic carbocycles. The van der Waals surface area contributed by atoms with E-state index < -0.39 is 18.9 Å². The summed E-state index contributed by atoms with van der Waals surface area (Å²) in [5, 5.41) is 2.40. The van der Waals surface area contributed by atoms with Crippen LogP contribution in [0, 0.1) is 0 Å². The van der Waals surface area contributed by atoms with Gasteiger partial charge in [-0.05, 0) is 19.1 Å². The first-order valence-electron chi connectivity index (χ1n) is 5.54. The Morgan fingerprint density at radius 1 is 1.53 bits per heavy atom. The van der Waals surface area contributed by atoms with E-state index in [4.69, 9.17) is 20.5 Å². The van der Waals surface area contributed by atoms with E-state index in [0.29, 0.717) is 5.75 Å². The zero-order chi connectivity index (χ0) is 14.3. The third-order valence-electron chi connectivity index (χ3n) is 2.01. The van der Waals surface area contributed by atoms with Crippen molar-refractivity contribution >= 4 is 24.1 Å². The molecule has 0 aromatic heterocycles. The topological polar surface area (TPSA) is 64.6 Å². The second-order valence-corrected chi connectivity index (χ2v) is 6.39. The quantitative estimate of drug-likeness (QED) is 0.476. The SMILES string of the molecule is C=CCOC(=O)[C@H](C)NP(=O)(Cl)Oc1ccccc1. The molecule has 7 heteroatoms. The van der Waals surface area contributed by atoms with Gasteiger partial charge in [-0.3, -0.25) is 4.79 Å². The minimum absolute atomic E-state index is 0.0803. The highest BCUT2D eigenvalue weighted by Gasteiger charge is 2.27. The monoisotopic (exact) mass is 303 g/mol. The predicted octanol–water partition coefficient (Wildman–Crippen LogP) is 3.12. The lowest BCUT2D eigenvalue weighted by atomic mass is 10.3. The number of hydrogen-bond acceptors (Lipinski definition) is 4. The van der Waals surface area contributed by atoms with Gasteiger partial charge in [0.2, 0.25) is 0 Å². The molecule has 0 heterocycles. The third kappa shape index (κ3) is 5.92. The van der Waals surface area contributed by atoms with E-state index in [1.54, 1.807) is 30.3 Å². The van der Waals surface area contributed by atoms with Crippen LogP contribution in [0.25, 0.3) is 0 Å². The maximum Gasteiger partial charge on any atom is 0.409 e. The fourth-order valence-electron chi connectivity index (χ4n) is 1.19. The van der Waals surface area contributed by atoms with Crippen molar-refractivity contribution in [1.82, 2.24) is 5.09 Å². The summed E-state index contributed by atoms with van der Waals surface area (Å²) in [7, 11) is 0. The number of para-hydroxylation sites is 1. The lowest BCUT2D eigenvalue weighted by molar-refractivity contribution is -0.143. The highest BCUT2D eigenvalue weighted by Crippen LogP contribution is 2.48. The van der Waals surface area contributed by atoms with Crippen LogP contribution in [-0.2, 0) is 14.1 Å². The molecular formula is C12H15ClNO4P. The van der Waals surface area contributed by atoms with Crippen molar-refractivity contribution in [3.8, 4) is 5.75 Å². The molecule has 0 saturated heterocycles. The minimum atomic E-state index is -3.66. The minimum Gasteiger partial charge on any atom is -0.460 e. The van der Waals surface area contributed by atoms with Crippen molar-refractivity contribution in [3.05, 3.63) is 43.0 Å². The molecule has 5 nitrogen and oxygen atoms in total. The third-order valence-corrected chi connectivity index (χ3v) is 3.65. The van der Waals surface area contributed by atoms with Gasteiger partial charge >= 0.3 is 12.8 Å². The van der Waals surface area contributed by atoms with Crippen molar-refractivity contribution in [1.29, 1.82) is 0 Å². The molecule has 1 rings (SSSR count). The first-order valence-corrected chi connectivity index (χ1v) is 8.07. The summed E-state index contributed by atoms with van der Waals surface area (Å²) in [6.07, 6.45) is 1.44. The Balaban J connectivity index is 2.56. The van der Waals surface area contributed by atoms with Crippen LogP contribution >= 0.6 is 18.1 Å². The van der Waals surface area contributed by atoms with Gasteiger partial charge in [-0.1, -0.05) is 30.9 Å². The van der Waals surface area contributed by atoms with Gasteiger partial charge in [0.25, 0.3) is 0 Å². The molecule has 0 aliphatic heterocycles. The van der Waals surface area contributed by atoms with E-state index in [2.05, 4.69) is 11.7 Å². The number of hydrogen-bond donors (Lipinski definition) is 1. The van der Waals surface area contributed by atoms with Crippen LogP contribution in [0.1, 0.15) is 6.92 Å². The van der Waals surface area contributed by atoms with Crippen LogP contribution in [0.2, 0.25) is 0 Å². The number of benzene rings is 1. The highest BCUT2D eigenvalue weighted by atomic mass is 35.7. The van der Waals surface area contributed by atoms with Gasteiger partial charge in [0.15, 0.2) is 0 Å². The van der Waals surface area contributed by atoms with Crippen LogP contribution in [0.3, 0.4) is 0 Å². The number of carbonyl (C=O) groups is 1. The van der Waals surface area contributed by atoms with Gasteiger partial charge in [0, 0.05) is 11.2 Å². The first kappa shape index (κ1) is 15.8. The van der Waals surface area contributed by atoms with E-state index in [1.807, 2.05) is 0 Å². The fraction of sp³-hybridized carbons (Fsp3) is 0.250. The van der Waals surface area contributed by atoms with Crippen molar-refractivity contribution in [2.75, 3.05) is 6.61 Å². The van der Waals surface area contributed by atoms with E-state index in [-0.39, 0.29) is 6.61 Å². The molecule has 104 valence electrons. The molecule has 1 N–H and O–H groups in total. The molecule has 0 radical (unpaired) electrons. The second kappa shape index (κ2) is 7.34. The lowest BCUT2D eigenvalue weighted by Gasteiger charge is -2.17. The average molecular weight is 304 g/mol. The summed E-state index contributed by atoms with van der Waals surface area (Å²) in [5.74, 6) is -0.238. The Labute approximate surface area is 116 Å². The summed E-state index contributed by atoms with van der Waals surface area (Å²) in [6, 6.07) is 7.58. The van der Waals surface area contributed by atoms with Crippen molar-refractivity contribution < 1.29 is 18.6 Å². The molecule has 1 unspecified atom stereocenters. The van der Waals surface area contributed by atoms with Gasteiger partial charge in [0.1, 0.15) is 18.4 Å². The Morgan fingerprint density at radius 2 is 2.16 bits per heavy atom. The molecule has 0 bridgehead atoms. The largest absolute Gasteiger partial charge is 0.460 e. The van der Waals surface area contributed by atoms with Crippen LogP contribution < -0.4 is 9.61 Å². The van der Waals surface area contributed by atoms with Crippen LogP contribution in [-0.4, -0.2) is 18.6 Å². The van der Waals surface area contributed by atoms with Crippen molar-refractivity contribution in [2.45, 2.75) is 13.0 Å². The molecule has 2 atom stereocenters. The van der Waals surface area contributed by atoms with Gasteiger partial charge in [-0.25, -0.2) is 9.65 Å². The first-order chi connectivity index (χ1) is 8.94. The summed E-state index contributed by atoms with van der Waals surface area (Å²) in [6.45, 7) is 1.32. The molecule has 0 aliphatic carbocycles. The standard InChI is InChI=1S/C12H15ClNO4P/c1-3-9-17-12(15)10(2)14-19(13,16)18-11-7-5-4-6-8-11/h3-8,10H,1,9H2,2H3,(H,14,16)/t10-,19?/m0/s1. The Bertz CT molecular complexity index is 480. The summed E-state index contributed by atoms with van der Waals surface area (Å²) in [4.78, 5) is 11.5. The van der Waals surface area contributed by atoms with Gasteiger partial charge in [-0.15, -0.1) is 0 Å². The number of rotatable bonds is 7.